The van der Waals surface area contributed by atoms with Crippen LogP contribution in [0.2, 0.25) is 0 Å². The molecule has 0 aromatic carbocycles. The zero-order valence-corrected chi connectivity index (χ0v) is 11.1. The molecule has 0 radical (unpaired) electrons. The van der Waals surface area contributed by atoms with E-state index in [1.54, 1.807) is 7.11 Å². The van der Waals surface area contributed by atoms with E-state index in [0.29, 0.717) is 0 Å². The summed E-state index contributed by atoms with van der Waals surface area (Å²) in [5.41, 5.74) is 0. The summed E-state index contributed by atoms with van der Waals surface area (Å²) in [4.78, 5) is 9.03. The Hall–Kier alpha value is -0.810. The van der Waals surface area contributed by atoms with Crippen LogP contribution in [0.1, 0.15) is 19.8 Å². The van der Waals surface area contributed by atoms with Crippen LogP contribution in [0.25, 0.3) is 0 Å². The number of hydrogen-bond acceptors (Lipinski definition) is 4. The summed E-state index contributed by atoms with van der Waals surface area (Å²) in [5.74, 6) is 0. The number of quaternary nitrogens is 1. The maximum absolute atomic E-state index is 9.03. The standard InChI is InChI=1S/C9H22NO.C2H4O3/c1-5-6-7-10(2,3)8-9-11-4;1-5-2(3)4/h5-9H2,1-4H3;1H3,(H,3,4)/q+1;/p-1. The molecular formula is C11H25NO4. The van der Waals surface area contributed by atoms with Gasteiger partial charge in [0.1, 0.15) is 6.54 Å². The molecule has 0 fully saturated rings. The van der Waals surface area contributed by atoms with E-state index in [1.807, 2.05) is 0 Å². The van der Waals surface area contributed by atoms with E-state index in [-0.39, 0.29) is 0 Å². The van der Waals surface area contributed by atoms with Gasteiger partial charge in [0, 0.05) is 14.2 Å². The van der Waals surface area contributed by atoms with Gasteiger partial charge in [0.15, 0.2) is 0 Å². The molecule has 0 atom stereocenters. The molecule has 0 heterocycles. The Bertz CT molecular complexity index is 161. The minimum atomic E-state index is -1.50. The summed E-state index contributed by atoms with van der Waals surface area (Å²) in [5, 5.41) is 9.03. The van der Waals surface area contributed by atoms with Gasteiger partial charge in [0.05, 0.1) is 27.2 Å². The Morgan fingerprint density at radius 3 is 2.06 bits per heavy atom. The zero-order chi connectivity index (χ0) is 13.0. The van der Waals surface area contributed by atoms with Crippen LogP contribution >= 0.6 is 0 Å². The number of carbonyl (C=O) groups is 1. The number of unbranched alkanes of at least 4 members (excludes halogenated alkanes) is 1. The van der Waals surface area contributed by atoms with E-state index < -0.39 is 6.16 Å². The molecule has 16 heavy (non-hydrogen) atoms. The topological polar surface area (TPSA) is 58.6 Å². The van der Waals surface area contributed by atoms with Crippen LogP contribution in [0.5, 0.6) is 0 Å². The molecule has 0 saturated heterocycles. The quantitative estimate of drug-likeness (QED) is 0.496. The van der Waals surface area contributed by atoms with Gasteiger partial charge in [-0.1, -0.05) is 13.3 Å². The number of nitrogens with zero attached hydrogens (tertiary/aromatic N) is 1. The van der Waals surface area contributed by atoms with Crippen LogP contribution in [-0.4, -0.2) is 58.6 Å². The van der Waals surface area contributed by atoms with E-state index in [9.17, 15) is 0 Å². The molecule has 0 rings (SSSR count). The average Bonchev–Trinajstić information content (AvgIpc) is 2.24. The summed E-state index contributed by atoms with van der Waals surface area (Å²) in [6.45, 7) is 5.49. The number of likely N-dealkylation sites (N-methyl/N-ethyl adjacent to an activating group) is 1. The molecule has 0 amide bonds. The number of methoxy groups -OCH3 is 2. The first-order chi connectivity index (χ1) is 7.39. The Kier molecular flexibility index (Phi) is 11.8. The molecule has 0 unspecified atom stereocenters. The van der Waals surface area contributed by atoms with Gasteiger partial charge in [-0.3, -0.25) is 0 Å². The van der Waals surface area contributed by atoms with Crippen molar-refractivity contribution in [2.75, 3.05) is 48.0 Å². The molecule has 0 aromatic rings. The number of rotatable bonds is 6. The Labute approximate surface area is 98.5 Å². The van der Waals surface area contributed by atoms with Gasteiger partial charge in [-0.25, -0.2) is 0 Å². The fourth-order valence-corrected chi connectivity index (χ4v) is 1.04. The summed E-state index contributed by atoms with van der Waals surface area (Å²) in [7, 11) is 7.32. The molecule has 5 heteroatoms. The maximum Gasteiger partial charge on any atom is 0.251 e. The fourth-order valence-electron chi connectivity index (χ4n) is 1.04. The summed E-state index contributed by atoms with van der Waals surface area (Å²) < 4.78 is 9.68. The van der Waals surface area contributed by atoms with Crippen LogP contribution in [-0.2, 0) is 9.47 Å². The lowest BCUT2D eigenvalue weighted by Gasteiger charge is -2.29. The number of carbonyl (C=O) groups excluding carboxylic acids is 1. The minimum absolute atomic E-state index is 0.872. The summed E-state index contributed by atoms with van der Waals surface area (Å²) >= 11 is 0. The third kappa shape index (κ3) is 15.7. The molecule has 98 valence electrons. The number of hydrogen-bond donors (Lipinski definition) is 0. The van der Waals surface area contributed by atoms with Crippen molar-refractivity contribution in [3.63, 3.8) is 0 Å². The first-order valence-electron chi connectivity index (χ1n) is 5.45. The lowest BCUT2D eigenvalue weighted by molar-refractivity contribution is -0.890. The first kappa shape index (κ1) is 17.6. The van der Waals surface area contributed by atoms with Gasteiger partial charge in [0.2, 0.25) is 0 Å². The highest BCUT2D eigenvalue weighted by Crippen LogP contribution is 2.00. The van der Waals surface area contributed by atoms with Crippen LogP contribution in [0.4, 0.5) is 4.79 Å². The molecule has 0 saturated carbocycles. The molecular weight excluding hydrogens is 210 g/mol. The summed E-state index contributed by atoms with van der Waals surface area (Å²) in [6, 6.07) is 0. The van der Waals surface area contributed by atoms with Crippen LogP contribution in [0.15, 0.2) is 0 Å². The second kappa shape index (κ2) is 10.7. The van der Waals surface area contributed by atoms with Gasteiger partial charge in [-0.2, -0.15) is 0 Å². The van der Waals surface area contributed by atoms with Crippen LogP contribution in [0, 0.1) is 0 Å². The van der Waals surface area contributed by atoms with Gasteiger partial charge >= 0.3 is 0 Å². The van der Waals surface area contributed by atoms with E-state index in [0.717, 1.165) is 24.7 Å². The average molecular weight is 235 g/mol. The largest absolute Gasteiger partial charge is 0.553 e. The monoisotopic (exact) mass is 235 g/mol. The predicted molar refractivity (Wildman–Crippen MR) is 61.0 cm³/mol. The van der Waals surface area contributed by atoms with Crippen LogP contribution in [0.3, 0.4) is 0 Å². The molecule has 0 aromatic heterocycles. The first-order valence-corrected chi connectivity index (χ1v) is 5.45. The SMILES string of the molecule is CCCC[N+](C)(C)CCOC.COC(=O)[O-]. The highest BCUT2D eigenvalue weighted by Gasteiger charge is 2.12. The second-order valence-electron chi connectivity index (χ2n) is 4.18. The van der Waals surface area contributed by atoms with Crippen molar-refractivity contribution in [3.8, 4) is 0 Å². The van der Waals surface area contributed by atoms with Crippen molar-refractivity contribution < 1.29 is 23.9 Å². The van der Waals surface area contributed by atoms with Gasteiger partial charge < -0.3 is 23.9 Å². The lowest BCUT2D eigenvalue weighted by Crippen LogP contribution is -2.42. The summed E-state index contributed by atoms with van der Waals surface area (Å²) in [6.07, 6.45) is 1.11. The van der Waals surface area contributed by atoms with E-state index >= 15 is 0 Å². The normalized spacial score (nSPS) is 10.3. The predicted octanol–water partition coefficient (Wildman–Crippen LogP) is 0.485. The minimum Gasteiger partial charge on any atom is -0.553 e. The molecule has 0 bridgehead atoms. The third-order valence-corrected chi connectivity index (χ3v) is 2.18. The molecule has 0 N–H and O–H groups in total. The van der Waals surface area contributed by atoms with Gasteiger partial charge in [-0.05, 0) is 6.42 Å². The Morgan fingerprint density at radius 1 is 1.25 bits per heavy atom. The maximum atomic E-state index is 9.03. The second-order valence-corrected chi connectivity index (χ2v) is 4.18. The van der Waals surface area contributed by atoms with Crippen molar-refractivity contribution >= 4 is 6.16 Å². The van der Waals surface area contributed by atoms with E-state index in [1.165, 1.54) is 19.4 Å². The molecule has 0 aliphatic heterocycles. The van der Waals surface area contributed by atoms with Crippen molar-refractivity contribution in [2.24, 2.45) is 0 Å². The fraction of sp³-hybridized carbons (Fsp3) is 0.909. The van der Waals surface area contributed by atoms with Gasteiger partial charge in [-0.15, -0.1) is 0 Å². The number of ether oxygens (including phenoxy) is 2. The zero-order valence-electron chi connectivity index (χ0n) is 11.1. The molecule has 0 spiro atoms. The molecule has 5 nitrogen and oxygen atoms in total. The third-order valence-electron chi connectivity index (χ3n) is 2.18. The van der Waals surface area contributed by atoms with Gasteiger partial charge in [0.25, 0.3) is 6.16 Å². The van der Waals surface area contributed by atoms with Crippen molar-refractivity contribution in [2.45, 2.75) is 19.8 Å². The Morgan fingerprint density at radius 2 is 1.75 bits per heavy atom. The highest BCUT2D eigenvalue weighted by molar-refractivity contribution is 5.53. The smallest absolute Gasteiger partial charge is 0.251 e. The lowest BCUT2D eigenvalue weighted by atomic mass is 10.3. The van der Waals surface area contributed by atoms with Crippen molar-refractivity contribution in [1.82, 2.24) is 0 Å². The van der Waals surface area contributed by atoms with Crippen molar-refractivity contribution in [1.29, 1.82) is 0 Å². The Balaban J connectivity index is 0. The van der Waals surface area contributed by atoms with Crippen molar-refractivity contribution in [3.05, 3.63) is 0 Å². The highest BCUT2D eigenvalue weighted by atomic mass is 16.6. The number of carboxylic acid groups (broad SMARTS) is 1. The molecule has 0 aliphatic carbocycles. The van der Waals surface area contributed by atoms with Crippen LogP contribution < -0.4 is 5.11 Å². The van der Waals surface area contributed by atoms with E-state index in [4.69, 9.17) is 14.6 Å². The van der Waals surface area contributed by atoms with E-state index in [2.05, 4.69) is 25.8 Å². The molecule has 0 aliphatic rings.